The van der Waals surface area contributed by atoms with Gasteiger partial charge in [0.05, 0.1) is 0 Å². The largest absolute Gasteiger partial charge is 0.508 e. The van der Waals surface area contributed by atoms with Crippen LogP contribution in [0.15, 0.2) is 60.9 Å². The molecule has 1 aromatic carbocycles. The number of hydrogen-bond acceptors (Lipinski definition) is 5. The molecular formula is C17H12ClN5O. The molecule has 0 atom stereocenters. The highest BCUT2D eigenvalue weighted by Crippen LogP contribution is 2.31. The molecule has 118 valence electrons. The molecule has 4 aromatic rings. The van der Waals surface area contributed by atoms with Crippen molar-refractivity contribution >= 4 is 29.0 Å². The molecule has 0 unspecified atom stereocenters. The summed E-state index contributed by atoms with van der Waals surface area (Å²) in [5.74, 6) is 1.28. The van der Waals surface area contributed by atoms with E-state index in [0.29, 0.717) is 22.4 Å². The summed E-state index contributed by atoms with van der Waals surface area (Å²) in [6.07, 6.45) is 3.51. The van der Waals surface area contributed by atoms with Crippen molar-refractivity contribution in [3.8, 4) is 16.9 Å². The Morgan fingerprint density at radius 2 is 2.00 bits per heavy atom. The van der Waals surface area contributed by atoms with Gasteiger partial charge >= 0.3 is 0 Å². The number of hydrogen-bond donors (Lipinski definition) is 2. The normalized spacial score (nSPS) is 10.9. The molecular weight excluding hydrogens is 326 g/mol. The maximum Gasteiger partial charge on any atom is 0.248 e. The molecule has 7 heteroatoms. The number of aromatic nitrogens is 4. The highest BCUT2D eigenvalue weighted by Gasteiger charge is 2.09. The lowest BCUT2D eigenvalue weighted by molar-refractivity contribution is 0.475. The lowest BCUT2D eigenvalue weighted by Gasteiger charge is -2.05. The molecule has 0 saturated heterocycles. The zero-order chi connectivity index (χ0) is 16.5. The summed E-state index contributed by atoms with van der Waals surface area (Å²) in [6, 6.07) is 14.1. The van der Waals surface area contributed by atoms with Gasteiger partial charge in [0.25, 0.3) is 0 Å². The number of rotatable bonds is 3. The number of nitrogens with one attached hydrogen (secondary N) is 1. The maximum atomic E-state index is 9.67. The SMILES string of the molecule is Oc1ccc(Cl)c(-c2ccc3nc(Nc4ccccn4)nn3c2)c1. The van der Waals surface area contributed by atoms with Gasteiger partial charge in [-0.25, -0.2) is 9.50 Å². The van der Waals surface area contributed by atoms with Crippen molar-refractivity contribution in [1.29, 1.82) is 0 Å². The number of aromatic hydroxyl groups is 1. The number of halogens is 1. The van der Waals surface area contributed by atoms with E-state index in [1.807, 2.05) is 36.5 Å². The average molecular weight is 338 g/mol. The fourth-order valence-corrected chi connectivity index (χ4v) is 2.61. The number of phenols is 1. The molecule has 24 heavy (non-hydrogen) atoms. The van der Waals surface area contributed by atoms with E-state index >= 15 is 0 Å². The Kier molecular flexibility index (Phi) is 3.51. The van der Waals surface area contributed by atoms with Crippen molar-refractivity contribution in [3.05, 3.63) is 65.9 Å². The molecule has 0 saturated carbocycles. The summed E-state index contributed by atoms with van der Waals surface area (Å²) in [7, 11) is 0. The molecule has 6 nitrogen and oxygen atoms in total. The van der Waals surface area contributed by atoms with Gasteiger partial charge in [0, 0.05) is 28.5 Å². The third kappa shape index (κ3) is 2.75. The second-order valence-electron chi connectivity index (χ2n) is 5.16. The van der Waals surface area contributed by atoms with Gasteiger partial charge in [-0.1, -0.05) is 17.7 Å². The third-order valence-electron chi connectivity index (χ3n) is 3.50. The number of benzene rings is 1. The van der Waals surface area contributed by atoms with Crippen LogP contribution in [0.1, 0.15) is 0 Å². The maximum absolute atomic E-state index is 9.67. The van der Waals surface area contributed by atoms with Crippen LogP contribution in [0.4, 0.5) is 11.8 Å². The summed E-state index contributed by atoms with van der Waals surface area (Å²) in [5, 5.41) is 17.7. The van der Waals surface area contributed by atoms with E-state index in [4.69, 9.17) is 11.6 Å². The van der Waals surface area contributed by atoms with Crippen molar-refractivity contribution < 1.29 is 5.11 Å². The van der Waals surface area contributed by atoms with Gasteiger partial charge in [-0.3, -0.25) is 0 Å². The van der Waals surface area contributed by atoms with Crippen LogP contribution in [-0.2, 0) is 0 Å². The Labute approximate surface area is 142 Å². The van der Waals surface area contributed by atoms with Crippen LogP contribution in [0, 0.1) is 0 Å². The van der Waals surface area contributed by atoms with Crippen LogP contribution < -0.4 is 5.32 Å². The van der Waals surface area contributed by atoms with Gasteiger partial charge < -0.3 is 10.4 Å². The standard InChI is InChI=1S/C17H12ClN5O/c18-14-6-5-12(24)9-13(14)11-4-7-16-21-17(22-23(16)10-11)20-15-3-1-2-8-19-15/h1-10,24H,(H,19,20,22). The quantitative estimate of drug-likeness (QED) is 0.593. The third-order valence-corrected chi connectivity index (χ3v) is 3.83. The second-order valence-corrected chi connectivity index (χ2v) is 5.57. The van der Waals surface area contributed by atoms with Gasteiger partial charge in [-0.05, 0) is 42.5 Å². The van der Waals surface area contributed by atoms with Gasteiger partial charge in [0.2, 0.25) is 5.95 Å². The van der Waals surface area contributed by atoms with Crippen LogP contribution in [0.5, 0.6) is 5.75 Å². The first-order chi connectivity index (χ1) is 11.7. The molecule has 0 spiro atoms. The van der Waals surface area contributed by atoms with Crippen molar-refractivity contribution in [2.45, 2.75) is 0 Å². The molecule has 0 radical (unpaired) electrons. The Morgan fingerprint density at radius 3 is 2.83 bits per heavy atom. The predicted molar refractivity (Wildman–Crippen MR) is 92.6 cm³/mol. The Bertz CT molecular complexity index is 1020. The van der Waals surface area contributed by atoms with Gasteiger partial charge in [-0.2, -0.15) is 4.98 Å². The van der Waals surface area contributed by atoms with Gasteiger partial charge in [-0.15, -0.1) is 5.10 Å². The number of phenolic OH excluding ortho intramolecular Hbond substituents is 1. The topological polar surface area (TPSA) is 75.3 Å². The van der Waals surface area contributed by atoms with Crippen LogP contribution >= 0.6 is 11.6 Å². The highest BCUT2D eigenvalue weighted by molar-refractivity contribution is 6.33. The first kappa shape index (κ1) is 14.5. The highest BCUT2D eigenvalue weighted by atomic mass is 35.5. The molecule has 3 aromatic heterocycles. The van der Waals surface area contributed by atoms with E-state index in [-0.39, 0.29) is 5.75 Å². The van der Waals surface area contributed by atoms with E-state index in [1.165, 1.54) is 0 Å². The van der Waals surface area contributed by atoms with Crippen LogP contribution in [-0.4, -0.2) is 24.7 Å². The lowest BCUT2D eigenvalue weighted by atomic mass is 10.1. The summed E-state index contributed by atoms with van der Waals surface area (Å²) in [5.41, 5.74) is 2.25. The minimum atomic E-state index is 0.158. The first-order valence-electron chi connectivity index (χ1n) is 7.22. The lowest BCUT2D eigenvalue weighted by Crippen LogP contribution is -1.95. The molecule has 2 N–H and O–H groups in total. The van der Waals surface area contributed by atoms with Crippen molar-refractivity contribution in [2.24, 2.45) is 0 Å². The van der Waals surface area contributed by atoms with Crippen molar-refractivity contribution in [2.75, 3.05) is 5.32 Å². The number of fused-ring (bicyclic) bond motifs is 1. The molecule has 4 rings (SSSR count). The molecule has 0 amide bonds. The minimum Gasteiger partial charge on any atom is -0.508 e. The second kappa shape index (κ2) is 5.82. The van der Waals surface area contributed by atoms with E-state index in [2.05, 4.69) is 20.4 Å². The number of pyridine rings is 2. The minimum absolute atomic E-state index is 0.158. The van der Waals surface area contributed by atoms with Crippen LogP contribution in [0.25, 0.3) is 16.8 Å². The van der Waals surface area contributed by atoms with E-state index in [1.54, 1.807) is 28.9 Å². The molecule has 0 aliphatic carbocycles. The van der Waals surface area contributed by atoms with Crippen LogP contribution in [0.2, 0.25) is 5.02 Å². The fourth-order valence-electron chi connectivity index (χ4n) is 2.38. The zero-order valence-corrected chi connectivity index (χ0v) is 13.1. The molecule has 0 bridgehead atoms. The van der Waals surface area contributed by atoms with Crippen molar-refractivity contribution in [1.82, 2.24) is 19.6 Å². The first-order valence-corrected chi connectivity index (χ1v) is 7.60. The molecule has 3 heterocycles. The molecule has 0 aliphatic rings. The summed E-state index contributed by atoms with van der Waals surface area (Å²) in [6.45, 7) is 0. The van der Waals surface area contributed by atoms with E-state index < -0.39 is 0 Å². The molecule has 0 aliphatic heterocycles. The smallest absolute Gasteiger partial charge is 0.248 e. The summed E-state index contributed by atoms with van der Waals surface area (Å²) in [4.78, 5) is 8.59. The number of anilines is 2. The zero-order valence-electron chi connectivity index (χ0n) is 12.4. The fraction of sp³-hybridized carbons (Fsp3) is 0. The Morgan fingerprint density at radius 1 is 1.08 bits per heavy atom. The summed E-state index contributed by atoms with van der Waals surface area (Å²) >= 11 is 6.22. The van der Waals surface area contributed by atoms with Crippen molar-refractivity contribution in [3.63, 3.8) is 0 Å². The summed E-state index contributed by atoms with van der Waals surface area (Å²) < 4.78 is 1.65. The Balaban J connectivity index is 1.72. The monoisotopic (exact) mass is 337 g/mol. The predicted octanol–water partition coefficient (Wildman–Crippen LogP) is 3.89. The van der Waals surface area contributed by atoms with Crippen LogP contribution in [0.3, 0.4) is 0 Å². The van der Waals surface area contributed by atoms with Gasteiger partial charge in [0.15, 0.2) is 5.65 Å². The average Bonchev–Trinajstić information content (AvgIpc) is 2.99. The number of nitrogens with zero attached hydrogens (tertiary/aromatic N) is 4. The van der Waals surface area contributed by atoms with E-state index in [0.717, 1.165) is 11.1 Å². The molecule has 0 fully saturated rings. The van der Waals surface area contributed by atoms with Gasteiger partial charge in [0.1, 0.15) is 11.6 Å². The van der Waals surface area contributed by atoms with E-state index in [9.17, 15) is 5.11 Å². The Hall–Kier alpha value is -3.12.